The second kappa shape index (κ2) is 9.78. The van der Waals surface area contributed by atoms with Gasteiger partial charge in [-0.25, -0.2) is 0 Å². The summed E-state index contributed by atoms with van der Waals surface area (Å²) in [5, 5.41) is 11.6. The van der Waals surface area contributed by atoms with Gasteiger partial charge in [0.2, 0.25) is 0 Å². The van der Waals surface area contributed by atoms with Gasteiger partial charge in [0.15, 0.2) is 11.5 Å². The van der Waals surface area contributed by atoms with E-state index in [-0.39, 0.29) is 6.04 Å². The maximum atomic E-state index is 6.00. The molecule has 0 unspecified atom stereocenters. The predicted molar refractivity (Wildman–Crippen MR) is 117 cm³/mol. The van der Waals surface area contributed by atoms with Gasteiger partial charge in [-0.05, 0) is 49.5 Å². The van der Waals surface area contributed by atoms with E-state index in [2.05, 4.69) is 40.6 Å². The first-order valence-corrected chi connectivity index (χ1v) is 9.78. The molecule has 1 atom stereocenters. The summed E-state index contributed by atoms with van der Waals surface area (Å²) < 4.78 is 10.8. The SMILES string of the molecule is COc1ccc([C@@H](CNCc2cn[nH]c2-c2ccc(Cl)cc2)N(C)C)cc1OC. The van der Waals surface area contributed by atoms with Gasteiger partial charge in [0.05, 0.1) is 26.1 Å². The van der Waals surface area contributed by atoms with E-state index in [0.29, 0.717) is 6.54 Å². The van der Waals surface area contributed by atoms with E-state index < -0.39 is 0 Å². The van der Waals surface area contributed by atoms with Crippen LogP contribution in [0.5, 0.6) is 11.5 Å². The van der Waals surface area contributed by atoms with Gasteiger partial charge >= 0.3 is 0 Å². The van der Waals surface area contributed by atoms with Crippen molar-refractivity contribution >= 4 is 11.6 Å². The Labute approximate surface area is 176 Å². The molecule has 0 aliphatic carbocycles. The largest absolute Gasteiger partial charge is 0.493 e. The number of aromatic amines is 1. The molecule has 0 amide bonds. The lowest BCUT2D eigenvalue weighted by Crippen LogP contribution is -2.30. The average molecular weight is 415 g/mol. The average Bonchev–Trinajstić information content (AvgIpc) is 3.19. The number of nitrogens with zero attached hydrogens (tertiary/aromatic N) is 2. The molecule has 0 bridgehead atoms. The third kappa shape index (κ3) is 5.09. The molecule has 0 fully saturated rings. The number of likely N-dealkylation sites (N-methyl/N-ethyl adjacent to an activating group) is 1. The number of aromatic nitrogens is 2. The minimum Gasteiger partial charge on any atom is -0.493 e. The molecule has 2 aromatic carbocycles. The molecule has 6 nitrogen and oxygen atoms in total. The van der Waals surface area contributed by atoms with E-state index in [0.717, 1.165) is 45.5 Å². The van der Waals surface area contributed by atoms with Crippen LogP contribution in [0.1, 0.15) is 17.2 Å². The number of halogens is 1. The second-order valence-corrected chi connectivity index (χ2v) is 7.44. The van der Waals surface area contributed by atoms with Crippen LogP contribution in [0.3, 0.4) is 0 Å². The molecular formula is C22H27ClN4O2. The van der Waals surface area contributed by atoms with Crippen LogP contribution in [0.15, 0.2) is 48.7 Å². The first-order chi connectivity index (χ1) is 14.0. The van der Waals surface area contributed by atoms with Gasteiger partial charge in [0.25, 0.3) is 0 Å². The molecule has 29 heavy (non-hydrogen) atoms. The number of hydrogen-bond acceptors (Lipinski definition) is 5. The summed E-state index contributed by atoms with van der Waals surface area (Å²) in [6, 6.07) is 14.0. The van der Waals surface area contributed by atoms with Crippen LogP contribution >= 0.6 is 11.6 Å². The Hall–Kier alpha value is -2.54. The number of nitrogens with one attached hydrogen (secondary N) is 2. The zero-order chi connectivity index (χ0) is 20.8. The van der Waals surface area contributed by atoms with E-state index in [4.69, 9.17) is 21.1 Å². The van der Waals surface area contributed by atoms with Crippen molar-refractivity contribution < 1.29 is 9.47 Å². The fourth-order valence-corrected chi connectivity index (χ4v) is 3.44. The topological polar surface area (TPSA) is 62.4 Å². The third-order valence-electron chi connectivity index (χ3n) is 4.92. The van der Waals surface area contributed by atoms with Crippen LogP contribution in [0, 0.1) is 0 Å². The van der Waals surface area contributed by atoms with Crippen LogP contribution in [-0.2, 0) is 6.54 Å². The van der Waals surface area contributed by atoms with Crippen LogP contribution in [0.4, 0.5) is 0 Å². The van der Waals surface area contributed by atoms with E-state index in [1.165, 1.54) is 0 Å². The minimum absolute atomic E-state index is 0.181. The lowest BCUT2D eigenvalue weighted by molar-refractivity contribution is 0.286. The maximum absolute atomic E-state index is 6.00. The van der Waals surface area contributed by atoms with Crippen molar-refractivity contribution in [2.24, 2.45) is 0 Å². The summed E-state index contributed by atoms with van der Waals surface area (Å²) in [5.41, 5.74) is 4.33. The highest BCUT2D eigenvalue weighted by Crippen LogP contribution is 2.31. The van der Waals surface area contributed by atoms with Gasteiger partial charge in [-0.15, -0.1) is 0 Å². The first-order valence-electron chi connectivity index (χ1n) is 9.40. The number of ether oxygens (including phenoxy) is 2. The van der Waals surface area contributed by atoms with Gasteiger partial charge in [-0.1, -0.05) is 29.8 Å². The highest BCUT2D eigenvalue weighted by Gasteiger charge is 2.17. The molecule has 1 heterocycles. The summed E-state index contributed by atoms with van der Waals surface area (Å²) in [5.74, 6) is 1.46. The molecule has 154 valence electrons. The van der Waals surface area contributed by atoms with Crippen LogP contribution < -0.4 is 14.8 Å². The highest BCUT2D eigenvalue weighted by molar-refractivity contribution is 6.30. The van der Waals surface area contributed by atoms with Gasteiger partial charge in [-0.3, -0.25) is 5.10 Å². The molecular weight excluding hydrogens is 388 g/mol. The fourth-order valence-electron chi connectivity index (χ4n) is 3.31. The quantitative estimate of drug-likeness (QED) is 0.551. The van der Waals surface area contributed by atoms with Crippen molar-refractivity contribution in [3.8, 4) is 22.8 Å². The Morgan fingerprint density at radius 1 is 1.07 bits per heavy atom. The lowest BCUT2D eigenvalue weighted by atomic mass is 10.0. The highest BCUT2D eigenvalue weighted by atomic mass is 35.5. The predicted octanol–water partition coefficient (Wildman–Crippen LogP) is 4.14. The van der Waals surface area contributed by atoms with E-state index in [1.807, 2.05) is 42.6 Å². The minimum atomic E-state index is 0.181. The standard InChI is InChI=1S/C22H27ClN4O2/c1-27(2)19(16-7-10-20(28-3)21(11-16)29-4)14-24-12-17-13-25-26-22(17)15-5-8-18(23)9-6-15/h5-11,13,19,24H,12,14H2,1-4H3,(H,25,26)/t19-/m1/s1. The Balaban J connectivity index is 1.70. The van der Waals surface area contributed by atoms with Crippen molar-refractivity contribution in [1.82, 2.24) is 20.4 Å². The normalized spacial score (nSPS) is 12.2. The number of rotatable bonds is 9. The van der Waals surface area contributed by atoms with Crippen molar-refractivity contribution in [3.63, 3.8) is 0 Å². The monoisotopic (exact) mass is 414 g/mol. The summed E-state index contributed by atoms with van der Waals surface area (Å²) in [4.78, 5) is 2.18. The van der Waals surface area contributed by atoms with Crippen molar-refractivity contribution in [1.29, 1.82) is 0 Å². The molecule has 0 saturated carbocycles. The number of methoxy groups -OCH3 is 2. The van der Waals surface area contributed by atoms with E-state index in [1.54, 1.807) is 14.2 Å². The Morgan fingerprint density at radius 3 is 2.45 bits per heavy atom. The number of hydrogen-bond donors (Lipinski definition) is 2. The fraction of sp³-hybridized carbons (Fsp3) is 0.318. The molecule has 0 spiro atoms. The van der Waals surface area contributed by atoms with Gasteiger partial charge < -0.3 is 19.7 Å². The van der Waals surface area contributed by atoms with Crippen molar-refractivity contribution in [2.75, 3.05) is 34.9 Å². The smallest absolute Gasteiger partial charge is 0.161 e. The summed E-state index contributed by atoms with van der Waals surface area (Å²) in [6.45, 7) is 1.47. The van der Waals surface area contributed by atoms with Gasteiger partial charge in [-0.2, -0.15) is 5.10 Å². The molecule has 3 aromatic rings. The molecule has 0 saturated heterocycles. The molecule has 7 heteroatoms. The van der Waals surface area contributed by atoms with Crippen LogP contribution in [0.2, 0.25) is 5.02 Å². The summed E-state index contributed by atoms with van der Waals surface area (Å²) in [6.07, 6.45) is 1.86. The zero-order valence-electron chi connectivity index (χ0n) is 17.2. The number of benzene rings is 2. The maximum Gasteiger partial charge on any atom is 0.161 e. The molecule has 3 rings (SSSR count). The van der Waals surface area contributed by atoms with Gasteiger partial charge in [0, 0.05) is 29.7 Å². The Kier molecular flexibility index (Phi) is 7.14. The van der Waals surface area contributed by atoms with Gasteiger partial charge in [0.1, 0.15) is 0 Å². The third-order valence-corrected chi connectivity index (χ3v) is 5.17. The molecule has 0 aliphatic rings. The first kappa shape index (κ1) is 21.2. The zero-order valence-corrected chi connectivity index (χ0v) is 18.0. The molecule has 1 aromatic heterocycles. The summed E-state index contributed by atoms with van der Waals surface area (Å²) >= 11 is 6.00. The lowest BCUT2D eigenvalue weighted by Gasteiger charge is -2.26. The van der Waals surface area contributed by atoms with E-state index >= 15 is 0 Å². The molecule has 0 radical (unpaired) electrons. The second-order valence-electron chi connectivity index (χ2n) is 7.00. The Bertz CT molecular complexity index is 925. The molecule has 0 aliphatic heterocycles. The Morgan fingerprint density at radius 2 is 1.79 bits per heavy atom. The van der Waals surface area contributed by atoms with Crippen molar-refractivity contribution in [3.05, 3.63) is 64.8 Å². The van der Waals surface area contributed by atoms with Crippen molar-refractivity contribution in [2.45, 2.75) is 12.6 Å². The van der Waals surface area contributed by atoms with Crippen LogP contribution in [0.25, 0.3) is 11.3 Å². The van der Waals surface area contributed by atoms with E-state index in [9.17, 15) is 0 Å². The van der Waals surface area contributed by atoms with Crippen LogP contribution in [-0.4, -0.2) is 50.0 Å². The molecule has 2 N–H and O–H groups in total. The summed E-state index contributed by atoms with van der Waals surface area (Å²) in [7, 11) is 7.44. The number of H-pyrrole nitrogens is 1.